The van der Waals surface area contributed by atoms with Crippen molar-refractivity contribution >= 4 is 11.3 Å². The largest absolute Gasteiger partial charge is 0.370 e. The highest BCUT2D eigenvalue weighted by atomic mass is 32.1. The summed E-state index contributed by atoms with van der Waals surface area (Å²) in [5, 5.41) is 1.12. The van der Waals surface area contributed by atoms with Crippen LogP contribution in [0.5, 0.6) is 0 Å². The summed E-state index contributed by atoms with van der Waals surface area (Å²) in [6, 6.07) is 0. The van der Waals surface area contributed by atoms with Gasteiger partial charge in [0.2, 0.25) is 0 Å². The second-order valence-electron chi connectivity index (χ2n) is 3.84. The quantitative estimate of drug-likeness (QED) is 0.829. The first-order valence-corrected chi connectivity index (χ1v) is 5.85. The van der Waals surface area contributed by atoms with Crippen LogP contribution in [0, 0.1) is 0 Å². The van der Waals surface area contributed by atoms with Gasteiger partial charge in [0, 0.05) is 19.2 Å². The molecule has 3 nitrogen and oxygen atoms in total. The predicted molar refractivity (Wildman–Crippen MR) is 57.4 cm³/mol. The molecule has 1 aliphatic rings. The molecule has 0 amide bonds. The zero-order chi connectivity index (χ0) is 10.0. The van der Waals surface area contributed by atoms with E-state index >= 15 is 0 Å². The maximum absolute atomic E-state index is 5.76. The summed E-state index contributed by atoms with van der Waals surface area (Å²) in [6.07, 6.45) is 5.08. The Hall–Kier alpha value is -0.450. The normalized spacial score (nSPS) is 27.0. The van der Waals surface area contributed by atoms with E-state index in [1.165, 1.54) is 4.88 Å². The molecule has 1 fully saturated rings. The average Bonchev–Trinajstić information content (AvgIpc) is 2.75. The van der Waals surface area contributed by atoms with E-state index in [2.05, 4.69) is 11.9 Å². The van der Waals surface area contributed by atoms with E-state index in [0.717, 1.165) is 30.9 Å². The molecule has 1 saturated heterocycles. The van der Waals surface area contributed by atoms with Gasteiger partial charge in [-0.25, -0.2) is 4.98 Å². The molecule has 14 heavy (non-hydrogen) atoms. The molecule has 0 aliphatic carbocycles. The topological polar surface area (TPSA) is 48.1 Å². The Kier molecular flexibility index (Phi) is 2.85. The van der Waals surface area contributed by atoms with E-state index < -0.39 is 0 Å². The van der Waals surface area contributed by atoms with Crippen LogP contribution < -0.4 is 5.73 Å². The Morgan fingerprint density at radius 2 is 2.57 bits per heavy atom. The van der Waals surface area contributed by atoms with Crippen molar-refractivity contribution in [2.45, 2.75) is 31.8 Å². The highest BCUT2D eigenvalue weighted by molar-refractivity contribution is 7.11. The lowest BCUT2D eigenvalue weighted by atomic mass is 10.0. The van der Waals surface area contributed by atoms with E-state index in [1.54, 1.807) is 11.3 Å². The summed E-state index contributed by atoms with van der Waals surface area (Å²) in [6.45, 7) is 3.70. The highest BCUT2D eigenvalue weighted by Gasteiger charge is 2.33. The first-order valence-electron chi connectivity index (χ1n) is 5.04. The molecule has 1 atom stereocenters. The van der Waals surface area contributed by atoms with Crippen molar-refractivity contribution in [2.75, 3.05) is 13.2 Å². The molecule has 2 heterocycles. The van der Waals surface area contributed by atoms with Gasteiger partial charge in [-0.3, -0.25) is 0 Å². The molecule has 0 bridgehead atoms. The molecule has 1 aromatic heterocycles. The Balaban J connectivity index is 2.15. The van der Waals surface area contributed by atoms with Gasteiger partial charge >= 0.3 is 0 Å². The molecule has 2 rings (SSSR count). The van der Waals surface area contributed by atoms with E-state index in [4.69, 9.17) is 10.5 Å². The zero-order valence-corrected chi connectivity index (χ0v) is 9.27. The van der Waals surface area contributed by atoms with E-state index in [-0.39, 0.29) is 5.60 Å². The van der Waals surface area contributed by atoms with Gasteiger partial charge < -0.3 is 10.5 Å². The Morgan fingerprint density at radius 1 is 1.71 bits per heavy atom. The van der Waals surface area contributed by atoms with Gasteiger partial charge in [0.05, 0.1) is 9.88 Å². The van der Waals surface area contributed by atoms with Crippen molar-refractivity contribution in [3.63, 3.8) is 0 Å². The smallest absolute Gasteiger partial charge is 0.101 e. The van der Waals surface area contributed by atoms with Crippen molar-refractivity contribution in [3.05, 3.63) is 16.1 Å². The molecule has 2 N–H and O–H groups in total. The summed E-state index contributed by atoms with van der Waals surface area (Å²) in [5.74, 6) is 0. The molecule has 0 saturated carbocycles. The lowest BCUT2D eigenvalue weighted by molar-refractivity contribution is 0.0197. The number of nitrogens with two attached hydrogens (primary N) is 1. The van der Waals surface area contributed by atoms with Gasteiger partial charge in [0.1, 0.15) is 5.60 Å². The zero-order valence-electron chi connectivity index (χ0n) is 8.45. The van der Waals surface area contributed by atoms with Crippen molar-refractivity contribution in [3.8, 4) is 0 Å². The van der Waals surface area contributed by atoms with Crippen LogP contribution >= 0.6 is 11.3 Å². The van der Waals surface area contributed by atoms with Crippen LogP contribution in [0.1, 0.15) is 29.7 Å². The number of hydrogen-bond acceptors (Lipinski definition) is 4. The van der Waals surface area contributed by atoms with Gasteiger partial charge in [-0.2, -0.15) is 0 Å². The third-order valence-electron chi connectivity index (χ3n) is 2.65. The number of ether oxygens (including phenoxy) is 1. The number of nitrogens with zero attached hydrogens (tertiary/aromatic N) is 1. The first-order chi connectivity index (χ1) is 6.74. The lowest BCUT2D eigenvalue weighted by Gasteiger charge is -2.20. The summed E-state index contributed by atoms with van der Waals surface area (Å²) in [7, 11) is 0. The summed E-state index contributed by atoms with van der Waals surface area (Å²) in [4.78, 5) is 5.60. The minimum absolute atomic E-state index is 0.0789. The van der Waals surface area contributed by atoms with Crippen LogP contribution in [0.2, 0.25) is 0 Å². The maximum atomic E-state index is 5.76. The maximum Gasteiger partial charge on any atom is 0.101 e. The number of rotatable bonds is 3. The minimum atomic E-state index is -0.0789. The fraction of sp³-hybridized carbons (Fsp3) is 0.700. The molecular weight excluding hydrogens is 196 g/mol. The van der Waals surface area contributed by atoms with Gasteiger partial charge in [-0.1, -0.05) is 0 Å². The van der Waals surface area contributed by atoms with E-state index in [1.807, 2.05) is 6.20 Å². The fourth-order valence-electron chi connectivity index (χ4n) is 1.77. The Bertz CT molecular complexity index is 305. The molecule has 4 heteroatoms. The van der Waals surface area contributed by atoms with Crippen molar-refractivity contribution in [2.24, 2.45) is 5.73 Å². The van der Waals surface area contributed by atoms with Crippen LogP contribution in [0.4, 0.5) is 0 Å². The summed E-state index contributed by atoms with van der Waals surface area (Å²) >= 11 is 1.74. The first kappa shape index (κ1) is 10.1. The summed E-state index contributed by atoms with van der Waals surface area (Å²) < 4.78 is 5.76. The van der Waals surface area contributed by atoms with Gasteiger partial charge in [-0.05, 0) is 26.3 Å². The van der Waals surface area contributed by atoms with Crippen LogP contribution in [-0.4, -0.2) is 18.1 Å². The molecule has 78 valence electrons. The highest BCUT2D eigenvalue weighted by Crippen LogP contribution is 2.38. The van der Waals surface area contributed by atoms with Gasteiger partial charge in [0.15, 0.2) is 0 Å². The van der Waals surface area contributed by atoms with E-state index in [9.17, 15) is 0 Å². The Labute approximate surface area is 88.3 Å². The minimum Gasteiger partial charge on any atom is -0.370 e. The third-order valence-corrected chi connectivity index (χ3v) is 3.95. The van der Waals surface area contributed by atoms with Crippen LogP contribution in [0.25, 0.3) is 0 Å². The van der Waals surface area contributed by atoms with E-state index in [0.29, 0.717) is 6.54 Å². The standard InChI is InChI=1S/C10H16N2OS/c1-10(4-2-6-13-10)8-7-12-9(14-8)3-5-11/h7H,2-6,11H2,1H3. The lowest BCUT2D eigenvalue weighted by Crippen LogP contribution is -2.17. The monoisotopic (exact) mass is 212 g/mol. The second kappa shape index (κ2) is 3.96. The predicted octanol–water partition coefficient (Wildman–Crippen LogP) is 1.67. The van der Waals surface area contributed by atoms with Crippen LogP contribution in [0.3, 0.4) is 0 Å². The van der Waals surface area contributed by atoms with Crippen molar-refractivity contribution in [1.29, 1.82) is 0 Å². The van der Waals surface area contributed by atoms with Crippen molar-refractivity contribution < 1.29 is 4.74 Å². The molecule has 0 radical (unpaired) electrons. The van der Waals surface area contributed by atoms with Crippen LogP contribution in [0.15, 0.2) is 6.20 Å². The fourth-order valence-corrected chi connectivity index (χ4v) is 2.83. The molecule has 0 aromatic carbocycles. The van der Waals surface area contributed by atoms with Gasteiger partial charge in [0.25, 0.3) is 0 Å². The SMILES string of the molecule is CC1(c2cnc(CCN)s2)CCCO1. The van der Waals surface area contributed by atoms with Crippen LogP contribution in [-0.2, 0) is 16.8 Å². The number of hydrogen-bond donors (Lipinski definition) is 1. The van der Waals surface area contributed by atoms with Crippen molar-refractivity contribution in [1.82, 2.24) is 4.98 Å². The van der Waals surface area contributed by atoms with Gasteiger partial charge in [-0.15, -0.1) is 11.3 Å². The molecule has 1 aliphatic heterocycles. The molecule has 1 unspecified atom stereocenters. The molecule has 0 spiro atoms. The third kappa shape index (κ3) is 1.82. The molecular formula is C10H16N2OS. The number of thiazole rings is 1. The average molecular weight is 212 g/mol. The molecule has 1 aromatic rings. The second-order valence-corrected chi connectivity index (χ2v) is 4.95. The summed E-state index contributed by atoms with van der Waals surface area (Å²) in [5.41, 5.74) is 5.41. The Morgan fingerprint density at radius 3 is 3.21 bits per heavy atom. The number of aromatic nitrogens is 1.